The van der Waals surface area contributed by atoms with Gasteiger partial charge in [0, 0.05) is 24.7 Å². The van der Waals surface area contributed by atoms with E-state index in [1.165, 1.54) is 12.5 Å². The number of unbranched alkanes of at least 4 members (excludes halogenated alkanes) is 1. The van der Waals surface area contributed by atoms with E-state index in [2.05, 4.69) is 24.9 Å². The van der Waals surface area contributed by atoms with Gasteiger partial charge in [0.05, 0.1) is 0 Å². The Morgan fingerprint density at radius 3 is 2.86 bits per heavy atom. The number of hydrogen-bond acceptors (Lipinski definition) is 2. The monoisotopic (exact) mass is 286 g/mol. The van der Waals surface area contributed by atoms with Crippen LogP contribution in [0.1, 0.15) is 43.9 Å². The second kappa shape index (κ2) is 6.57. The predicted molar refractivity (Wildman–Crippen MR) is 84.2 cm³/mol. The second-order valence-electron chi connectivity index (χ2n) is 5.37. The minimum absolute atomic E-state index is 0.0901. The zero-order valence-electron chi connectivity index (χ0n) is 12.7. The van der Waals surface area contributed by atoms with E-state index in [9.17, 15) is 9.59 Å². The Bertz CT molecular complexity index is 566. The zero-order chi connectivity index (χ0) is 15.4. The van der Waals surface area contributed by atoms with Crippen LogP contribution in [0.25, 0.3) is 0 Å². The highest BCUT2D eigenvalue weighted by atomic mass is 16.2. The summed E-state index contributed by atoms with van der Waals surface area (Å²) in [7, 11) is 0. The molecule has 0 saturated heterocycles. The minimum Gasteiger partial charge on any atom is -0.341 e. The van der Waals surface area contributed by atoms with Gasteiger partial charge in [0.25, 0.3) is 5.91 Å². The van der Waals surface area contributed by atoms with Crippen LogP contribution in [0.2, 0.25) is 0 Å². The number of nitrogens with zero attached hydrogens (tertiary/aromatic N) is 1. The molecule has 0 spiro atoms. The molecule has 112 valence electrons. The van der Waals surface area contributed by atoms with Crippen LogP contribution in [0.5, 0.6) is 0 Å². The lowest BCUT2D eigenvalue weighted by Gasteiger charge is -2.15. The fourth-order valence-electron chi connectivity index (χ4n) is 2.69. The number of amides is 2. The van der Waals surface area contributed by atoms with Crippen LogP contribution in [0.15, 0.2) is 30.9 Å². The summed E-state index contributed by atoms with van der Waals surface area (Å²) >= 11 is 0. The first kappa shape index (κ1) is 15.3. The van der Waals surface area contributed by atoms with Gasteiger partial charge in [-0.1, -0.05) is 31.6 Å². The summed E-state index contributed by atoms with van der Waals surface area (Å²) < 4.78 is 0. The number of rotatable bonds is 6. The molecule has 1 aliphatic rings. The molecular weight excluding hydrogens is 264 g/mol. The van der Waals surface area contributed by atoms with Gasteiger partial charge in [-0.15, -0.1) is 6.58 Å². The summed E-state index contributed by atoms with van der Waals surface area (Å²) in [4.78, 5) is 25.5. The van der Waals surface area contributed by atoms with E-state index in [1.807, 2.05) is 12.1 Å². The summed E-state index contributed by atoms with van der Waals surface area (Å²) in [5, 5.41) is 2.75. The van der Waals surface area contributed by atoms with Crippen molar-refractivity contribution in [2.45, 2.75) is 39.2 Å². The normalized spacial score (nSPS) is 16.8. The molecule has 1 aromatic rings. The molecule has 0 fully saturated rings. The molecule has 2 rings (SSSR count). The molecule has 0 bridgehead atoms. The first-order chi connectivity index (χ1) is 10.1. The Morgan fingerprint density at radius 1 is 1.48 bits per heavy atom. The van der Waals surface area contributed by atoms with Gasteiger partial charge in [0.1, 0.15) is 6.04 Å². The van der Waals surface area contributed by atoms with Crippen LogP contribution < -0.4 is 10.2 Å². The maximum Gasteiger partial charge on any atom is 0.254 e. The van der Waals surface area contributed by atoms with Gasteiger partial charge < -0.3 is 10.2 Å². The van der Waals surface area contributed by atoms with Gasteiger partial charge in [0.15, 0.2) is 0 Å². The van der Waals surface area contributed by atoms with Crippen molar-refractivity contribution < 1.29 is 9.59 Å². The van der Waals surface area contributed by atoms with Crippen LogP contribution in [0, 0.1) is 0 Å². The van der Waals surface area contributed by atoms with Crippen LogP contribution in [-0.4, -0.2) is 18.4 Å². The molecule has 1 heterocycles. The average molecular weight is 286 g/mol. The largest absolute Gasteiger partial charge is 0.341 e. The van der Waals surface area contributed by atoms with Crippen LogP contribution in [0.4, 0.5) is 5.69 Å². The number of fused-ring (bicyclic) bond motifs is 1. The number of carbonyl (C=O) groups excluding carboxylic acids is 2. The maximum atomic E-state index is 12.5. The second-order valence-corrected chi connectivity index (χ2v) is 5.37. The lowest BCUT2D eigenvalue weighted by molar-refractivity contribution is -0.126. The van der Waals surface area contributed by atoms with E-state index in [0.29, 0.717) is 6.54 Å². The highest BCUT2D eigenvalue weighted by Gasteiger charge is 2.37. The molecule has 1 N–H and O–H groups in total. The number of nitrogens with one attached hydrogen (secondary N) is 1. The van der Waals surface area contributed by atoms with E-state index < -0.39 is 6.04 Å². The topological polar surface area (TPSA) is 49.4 Å². The zero-order valence-corrected chi connectivity index (χ0v) is 12.7. The number of aryl methyl sites for hydroxylation is 1. The molecule has 1 aromatic carbocycles. The molecule has 0 aromatic heterocycles. The van der Waals surface area contributed by atoms with Crippen molar-refractivity contribution in [1.29, 1.82) is 0 Å². The number of carbonyl (C=O) groups is 2. The van der Waals surface area contributed by atoms with Crippen molar-refractivity contribution >= 4 is 17.5 Å². The lowest BCUT2D eigenvalue weighted by atomic mass is 10.0. The van der Waals surface area contributed by atoms with Crippen molar-refractivity contribution in [3.05, 3.63) is 42.0 Å². The molecule has 21 heavy (non-hydrogen) atoms. The van der Waals surface area contributed by atoms with Crippen LogP contribution in [0.3, 0.4) is 0 Å². The molecule has 2 amide bonds. The summed E-state index contributed by atoms with van der Waals surface area (Å²) in [6.45, 7) is 7.74. The molecule has 1 aliphatic heterocycles. The number of anilines is 1. The SMILES string of the molecule is C=CCN1C(=O)[C@@H](NC(C)=O)c2cc(CCCC)ccc21. The van der Waals surface area contributed by atoms with Crippen LogP contribution in [-0.2, 0) is 16.0 Å². The molecular formula is C17H22N2O2. The Hall–Kier alpha value is -2.10. The van der Waals surface area contributed by atoms with Gasteiger partial charge >= 0.3 is 0 Å². The summed E-state index contributed by atoms with van der Waals surface area (Å²) in [5.74, 6) is -0.286. The highest BCUT2D eigenvalue weighted by molar-refractivity contribution is 6.06. The molecule has 0 aliphatic carbocycles. The molecule has 0 unspecified atom stereocenters. The first-order valence-corrected chi connectivity index (χ1v) is 7.40. The standard InChI is InChI=1S/C17H22N2O2/c1-4-6-7-13-8-9-15-14(11-13)16(18-12(3)20)17(21)19(15)10-5-2/h5,8-9,11,16H,2,4,6-7,10H2,1,3H3,(H,18,20)/t16-/m0/s1. The number of benzene rings is 1. The third kappa shape index (κ3) is 3.15. The Labute approximate surface area is 125 Å². The van der Waals surface area contributed by atoms with Gasteiger partial charge in [-0.05, 0) is 24.5 Å². The molecule has 1 atom stereocenters. The van der Waals surface area contributed by atoms with Crippen molar-refractivity contribution in [3.63, 3.8) is 0 Å². The van der Waals surface area contributed by atoms with Crippen molar-refractivity contribution in [3.8, 4) is 0 Å². The molecule has 0 saturated carbocycles. The summed E-state index contributed by atoms with van der Waals surface area (Å²) in [6, 6.07) is 5.52. The third-order valence-electron chi connectivity index (χ3n) is 3.69. The van der Waals surface area contributed by atoms with E-state index in [0.717, 1.165) is 30.5 Å². The molecule has 0 radical (unpaired) electrons. The minimum atomic E-state index is -0.570. The smallest absolute Gasteiger partial charge is 0.254 e. The molecule has 4 nitrogen and oxygen atoms in total. The fourth-order valence-corrected chi connectivity index (χ4v) is 2.69. The highest BCUT2D eigenvalue weighted by Crippen LogP contribution is 2.36. The van der Waals surface area contributed by atoms with E-state index >= 15 is 0 Å². The Balaban J connectivity index is 2.37. The molecule has 4 heteroatoms. The van der Waals surface area contributed by atoms with Crippen molar-refractivity contribution in [1.82, 2.24) is 5.32 Å². The summed E-state index contributed by atoms with van der Waals surface area (Å²) in [5.41, 5.74) is 2.98. The number of hydrogen-bond donors (Lipinski definition) is 1. The van der Waals surface area contributed by atoms with E-state index in [4.69, 9.17) is 0 Å². The third-order valence-corrected chi connectivity index (χ3v) is 3.69. The first-order valence-electron chi connectivity index (χ1n) is 7.40. The van der Waals surface area contributed by atoms with Gasteiger partial charge in [-0.25, -0.2) is 0 Å². The lowest BCUT2D eigenvalue weighted by Crippen LogP contribution is -2.36. The van der Waals surface area contributed by atoms with Crippen LogP contribution >= 0.6 is 0 Å². The van der Waals surface area contributed by atoms with Gasteiger partial charge in [-0.3, -0.25) is 9.59 Å². The predicted octanol–water partition coefficient (Wildman–Crippen LogP) is 2.74. The van der Waals surface area contributed by atoms with Crippen molar-refractivity contribution in [2.24, 2.45) is 0 Å². The quantitative estimate of drug-likeness (QED) is 0.817. The van der Waals surface area contributed by atoms with E-state index in [-0.39, 0.29) is 11.8 Å². The Morgan fingerprint density at radius 2 is 2.24 bits per heavy atom. The average Bonchev–Trinajstić information content (AvgIpc) is 2.70. The maximum absolute atomic E-state index is 12.5. The van der Waals surface area contributed by atoms with Gasteiger partial charge in [-0.2, -0.15) is 0 Å². The van der Waals surface area contributed by atoms with Crippen molar-refractivity contribution in [2.75, 3.05) is 11.4 Å². The summed E-state index contributed by atoms with van der Waals surface area (Å²) in [6.07, 6.45) is 4.94. The Kier molecular flexibility index (Phi) is 4.78. The van der Waals surface area contributed by atoms with E-state index in [1.54, 1.807) is 11.0 Å². The fraction of sp³-hybridized carbons (Fsp3) is 0.412. The van der Waals surface area contributed by atoms with Gasteiger partial charge in [0.2, 0.25) is 5.91 Å².